The van der Waals surface area contributed by atoms with Crippen LogP contribution in [0.1, 0.15) is 11.1 Å². The molecule has 0 bridgehead atoms. The zero-order chi connectivity index (χ0) is 14.8. The number of hydrogen-bond donors (Lipinski definition) is 2. The fraction of sp³-hybridized carbons (Fsp3) is 0.143. The van der Waals surface area contributed by atoms with Crippen molar-refractivity contribution in [2.75, 3.05) is 4.72 Å². The first-order valence-electron chi connectivity index (χ1n) is 5.91. The van der Waals surface area contributed by atoms with Gasteiger partial charge in [-0.3, -0.25) is 4.72 Å². The number of aliphatic hydroxyl groups excluding tert-OH is 1. The van der Waals surface area contributed by atoms with Crippen molar-refractivity contribution in [2.45, 2.75) is 18.4 Å². The number of aliphatic hydroxyl groups is 1. The Morgan fingerprint density at radius 1 is 1.20 bits per heavy atom. The Hall–Kier alpha value is -1.92. The van der Waals surface area contributed by atoms with Gasteiger partial charge in [0.25, 0.3) is 10.0 Å². The van der Waals surface area contributed by atoms with Crippen LogP contribution in [0.25, 0.3) is 0 Å². The van der Waals surface area contributed by atoms with E-state index in [4.69, 9.17) is 5.11 Å². The van der Waals surface area contributed by atoms with Crippen LogP contribution in [-0.4, -0.2) is 13.5 Å². The van der Waals surface area contributed by atoms with Crippen LogP contribution in [0.2, 0.25) is 0 Å². The second-order valence-corrected chi connectivity index (χ2v) is 6.06. The molecule has 0 radical (unpaired) electrons. The van der Waals surface area contributed by atoms with Gasteiger partial charge in [-0.15, -0.1) is 0 Å². The predicted octanol–water partition coefficient (Wildman–Crippen LogP) is 2.43. The molecule has 0 fully saturated rings. The molecular weight excluding hydrogens is 281 g/mol. The second-order valence-electron chi connectivity index (χ2n) is 4.37. The van der Waals surface area contributed by atoms with E-state index in [0.29, 0.717) is 16.8 Å². The molecular formula is C14H14FNO3S. The van der Waals surface area contributed by atoms with Crippen molar-refractivity contribution in [3.8, 4) is 0 Å². The number of halogens is 1. The zero-order valence-electron chi connectivity index (χ0n) is 10.8. The summed E-state index contributed by atoms with van der Waals surface area (Å²) >= 11 is 0. The molecule has 2 aromatic carbocycles. The third kappa shape index (κ3) is 3.15. The molecule has 0 unspecified atom stereocenters. The fourth-order valence-corrected chi connectivity index (χ4v) is 2.75. The third-order valence-electron chi connectivity index (χ3n) is 2.82. The quantitative estimate of drug-likeness (QED) is 0.910. The Morgan fingerprint density at radius 2 is 1.95 bits per heavy atom. The Morgan fingerprint density at radius 3 is 2.60 bits per heavy atom. The number of rotatable bonds is 4. The average Bonchev–Trinajstić information content (AvgIpc) is 2.41. The average molecular weight is 295 g/mol. The monoisotopic (exact) mass is 295 g/mol. The maximum atomic E-state index is 13.4. The van der Waals surface area contributed by atoms with Crippen LogP contribution in [0.3, 0.4) is 0 Å². The predicted molar refractivity (Wildman–Crippen MR) is 74.3 cm³/mol. The van der Waals surface area contributed by atoms with Crippen LogP contribution in [0.15, 0.2) is 47.4 Å². The number of aryl methyl sites for hydroxylation is 1. The molecule has 0 aromatic heterocycles. The summed E-state index contributed by atoms with van der Waals surface area (Å²) in [5, 5.41) is 9.02. The number of sulfonamides is 1. The highest BCUT2D eigenvalue weighted by Gasteiger charge is 2.15. The molecule has 0 saturated carbocycles. The molecule has 2 N–H and O–H groups in total. The minimum absolute atomic E-state index is 0.144. The SMILES string of the molecule is Cc1ccc(S(=O)(=O)Nc2cccc(CO)c2)cc1F. The Kier molecular flexibility index (Phi) is 4.06. The Balaban J connectivity index is 2.32. The van der Waals surface area contributed by atoms with Crippen LogP contribution >= 0.6 is 0 Å². The smallest absolute Gasteiger partial charge is 0.261 e. The third-order valence-corrected chi connectivity index (χ3v) is 4.19. The molecule has 0 aliphatic heterocycles. The van der Waals surface area contributed by atoms with E-state index in [9.17, 15) is 12.8 Å². The van der Waals surface area contributed by atoms with Crippen molar-refractivity contribution in [3.63, 3.8) is 0 Å². The van der Waals surface area contributed by atoms with Gasteiger partial charge in [-0.1, -0.05) is 18.2 Å². The molecule has 0 aliphatic carbocycles. The lowest BCUT2D eigenvalue weighted by atomic mass is 10.2. The summed E-state index contributed by atoms with van der Waals surface area (Å²) in [4.78, 5) is -0.144. The van der Waals surface area contributed by atoms with Crippen molar-refractivity contribution in [1.29, 1.82) is 0 Å². The molecule has 0 saturated heterocycles. The van der Waals surface area contributed by atoms with E-state index in [2.05, 4.69) is 4.72 Å². The van der Waals surface area contributed by atoms with E-state index >= 15 is 0 Å². The van der Waals surface area contributed by atoms with Crippen molar-refractivity contribution >= 4 is 15.7 Å². The molecule has 4 nitrogen and oxygen atoms in total. The second kappa shape index (κ2) is 5.60. The van der Waals surface area contributed by atoms with E-state index in [1.807, 2.05) is 0 Å². The largest absolute Gasteiger partial charge is 0.392 e. The lowest BCUT2D eigenvalue weighted by Gasteiger charge is -2.09. The molecule has 106 valence electrons. The highest BCUT2D eigenvalue weighted by atomic mass is 32.2. The molecule has 0 amide bonds. The van der Waals surface area contributed by atoms with Crippen LogP contribution in [0, 0.1) is 12.7 Å². The topological polar surface area (TPSA) is 66.4 Å². The number of anilines is 1. The van der Waals surface area contributed by atoms with Gasteiger partial charge in [0.05, 0.1) is 11.5 Å². The van der Waals surface area contributed by atoms with E-state index in [1.165, 1.54) is 18.2 Å². The summed E-state index contributed by atoms with van der Waals surface area (Å²) in [5.74, 6) is -0.572. The first-order valence-corrected chi connectivity index (χ1v) is 7.39. The van der Waals surface area contributed by atoms with Gasteiger partial charge < -0.3 is 5.11 Å². The highest BCUT2D eigenvalue weighted by Crippen LogP contribution is 2.19. The van der Waals surface area contributed by atoms with Gasteiger partial charge >= 0.3 is 0 Å². The summed E-state index contributed by atoms with van der Waals surface area (Å²) in [5.41, 5.74) is 1.28. The van der Waals surface area contributed by atoms with Gasteiger partial charge in [0.15, 0.2) is 0 Å². The molecule has 2 rings (SSSR count). The molecule has 0 spiro atoms. The maximum Gasteiger partial charge on any atom is 0.261 e. The van der Waals surface area contributed by atoms with E-state index in [1.54, 1.807) is 25.1 Å². The van der Waals surface area contributed by atoms with Crippen molar-refractivity contribution < 1.29 is 17.9 Å². The lowest BCUT2D eigenvalue weighted by molar-refractivity contribution is 0.282. The van der Waals surface area contributed by atoms with Gasteiger partial charge in [0.1, 0.15) is 5.82 Å². The molecule has 0 atom stereocenters. The molecule has 6 heteroatoms. The zero-order valence-corrected chi connectivity index (χ0v) is 11.6. The lowest BCUT2D eigenvalue weighted by Crippen LogP contribution is -2.13. The van der Waals surface area contributed by atoms with Crippen LogP contribution in [-0.2, 0) is 16.6 Å². The Bertz CT molecular complexity index is 729. The number of benzene rings is 2. The Labute approximate surface area is 116 Å². The minimum atomic E-state index is -3.85. The standard InChI is InChI=1S/C14H14FNO3S/c1-10-5-6-13(8-14(10)15)20(18,19)16-12-4-2-3-11(7-12)9-17/h2-8,16-17H,9H2,1H3. The maximum absolute atomic E-state index is 13.4. The normalized spacial score (nSPS) is 11.3. The summed E-state index contributed by atoms with van der Waals surface area (Å²) in [7, 11) is -3.85. The first-order chi connectivity index (χ1) is 9.42. The van der Waals surface area contributed by atoms with E-state index < -0.39 is 15.8 Å². The minimum Gasteiger partial charge on any atom is -0.392 e. The number of nitrogens with one attached hydrogen (secondary N) is 1. The van der Waals surface area contributed by atoms with Crippen molar-refractivity contribution in [2.24, 2.45) is 0 Å². The van der Waals surface area contributed by atoms with Gasteiger partial charge in [-0.2, -0.15) is 0 Å². The summed E-state index contributed by atoms with van der Waals surface area (Å²) < 4.78 is 40.0. The van der Waals surface area contributed by atoms with E-state index in [0.717, 1.165) is 6.07 Å². The molecule has 0 heterocycles. The molecule has 20 heavy (non-hydrogen) atoms. The van der Waals surface area contributed by atoms with Gasteiger partial charge in [-0.05, 0) is 42.3 Å². The van der Waals surface area contributed by atoms with Crippen molar-refractivity contribution in [1.82, 2.24) is 0 Å². The van der Waals surface area contributed by atoms with Crippen molar-refractivity contribution in [3.05, 3.63) is 59.4 Å². The number of hydrogen-bond acceptors (Lipinski definition) is 3. The fourth-order valence-electron chi connectivity index (χ4n) is 1.69. The first kappa shape index (κ1) is 14.5. The highest BCUT2D eigenvalue weighted by molar-refractivity contribution is 7.92. The molecule has 0 aliphatic rings. The van der Waals surface area contributed by atoms with E-state index in [-0.39, 0.29) is 11.5 Å². The molecule has 2 aromatic rings. The van der Waals surface area contributed by atoms with Gasteiger partial charge in [0.2, 0.25) is 0 Å². The van der Waals surface area contributed by atoms with Crippen LogP contribution in [0.5, 0.6) is 0 Å². The van der Waals surface area contributed by atoms with Crippen LogP contribution < -0.4 is 4.72 Å². The van der Waals surface area contributed by atoms with Crippen LogP contribution in [0.4, 0.5) is 10.1 Å². The summed E-state index contributed by atoms with van der Waals surface area (Å²) in [6.45, 7) is 1.37. The van der Waals surface area contributed by atoms with Gasteiger partial charge in [0, 0.05) is 5.69 Å². The summed E-state index contributed by atoms with van der Waals surface area (Å²) in [6, 6.07) is 10.1. The van der Waals surface area contributed by atoms with Gasteiger partial charge in [-0.25, -0.2) is 12.8 Å². The summed E-state index contributed by atoms with van der Waals surface area (Å²) in [6.07, 6.45) is 0.